The first-order chi connectivity index (χ1) is 1.73. The number of carbonyl (C=O) groups is 1. The Balaban J connectivity index is -0.0000000450. The van der Waals surface area contributed by atoms with Crippen molar-refractivity contribution in [3.63, 3.8) is 0 Å². The van der Waals surface area contributed by atoms with Crippen molar-refractivity contribution in [3.8, 4) is 0 Å². The van der Waals surface area contributed by atoms with E-state index in [1.54, 1.807) is 0 Å². The van der Waals surface area contributed by atoms with Gasteiger partial charge in [-0.2, -0.15) is 0 Å². The Hall–Kier alpha value is 1.99. The number of carboxylic acid groups (broad SMARTS) is 1. The van der Waals surface area contributed by atoms with Gasteiger partial charge in [0.25, 0.3) is 0 Å². The first-order valence-corrected chi connectivity index (χ1v) is 0.908. The Labute approximate surface area is 98.2 Å². The molecule has 0 atom stereocenters. The van der Waals surface area contributed by atoms with E-state index in [1.165, 1.54) is 0 Å². The molecular weight excluding hydrogens is 186 g/mol. The summed E-state index contributed by atoms with van der Waals surface area (Å²) in [7, 11) is 0. The normalized spacial score (nSPS) is 4.17. The van der Waals surface area contributed by atoms with Crippen LogP contribution in [0.5, 0.6) is 0 Å². The van der Waals surface area contributed by atoms with E-state index in [9.17, 15) is 0 Å². The topological polar surface area (TPSA) is 40.1 Å². The zero-order chi connectivity index (χ0) is 3.58. The molecule has 0 aromatic rings. The van der Waals surface area contributed by atoms with Crippen molar-refractivity contribution in [2.24, 2.45) is 0 Å². The van der Waals surface area contributed by atoms with E-state index in [0.717, 1.165) is 6.92 Å². The third-order valence-electron chi connectivity index (χ3n) is 0. The number of hydrogen-bond acceptors (Lipinski definition) is 2. The Bertz CT molecular complexity index is 34.5. The molecule has 0 unspecified atom stereocenters. The Kier molecular flexibility index (Phi) is 26.3. The summed E-state index contributed by atoms with van der Waals surface area (Å²) < 4.78 is 0. The molecular formula is C2H3KO2Zr. The fourth-order valence-corrected chi connectivity index (χ4v) is 0. The largest absolute Gasteiger partial charge is 1.00 e. The molecule has 0 spiro atoms. The second-order valence-corrected chi connectivity index (χ2v) is 0.492. The summed E-state index contributed by atoms with van der Waals surface area (Å²) in [6, 6.07) is 0. The van der Waals surface area contributed by atoms with E-state index in [0.29, 0.717) is 0 Å². The summed E-state index contributed by atoms with van der Waals surface area (Å²) in [6.45, 7) is 0.972. The van der Waals surface area contributed by atoms with Gasteiger partial charge >= 0.3 is 51.4 Å². The Morgan fingerprint density at radius 1 is 1.67 bits per heavy atom. The van der Waals surface area contributed by atoms with Gasteiger partial charge in [0.1, 0.15) is 0 Å². The van der Waals surface area contributed by atoms with Crippen LogP contribution in [0.25, 0.3) is 0 Å². The summed E-state index contributed by atoms with van der Waals surface area (Å²) in [5, 5.41) is 8.89. The van der Waals surface area contributed by atoms with Gasteiger partial charge < -0.3 is 9.90 Å². The van der Waals surface area contributed by atoms with Crippen molar-refractivity contribution < 1.29 is 87.5 Å². The molecule has 0 heterocycles. The van der Waals surface area contributed by atoms with Gasteiger partial charge in [-0.05, 0) is 6.92 Å². The maximum atomic E-state index is 8.89. The van der Waals surface area contributed by atoms with Gasteiger partial charge in [0.2, 0.25) is 0 Å². The molecule has 0 aliphatic heterocycles. The predicted octanol–water partition coefficient (Wildman–Crippen LogP) is -4.24. The minimum atomic E-state index is -1.08. The Morgan fingerprint density at radius 3 is 1.67 bits per heavy atom. The Morgan fingerprint density at radius 2 is 1.67 bits per heavy atom. The van der Waals surface area contributed by atoms with Crippen LogP contribution in [0.4, 0.5) is 0 Å². The smallest absolute Gasteiger partial charge is 0.550 e. The van der Waals surface area contributed by atoms with E-state index >= 15 is 0 Å². The van der Waals surface area contributed by atoms with Crippen molar-refractivity contribution in [2.75, 3.05) is 0 Å². The van der Waals surface area contributed by atoms with Crippen LogP contribution in [0, 0.1) is 0 Å². The summed E-state index contributed by atoms with van der Waals surface area (Å²) in [6.07, 6.45) is 0. The second-order valence-electron chi connectivity index (χ2n) is 0.492. The minimum absolute atomic E-state index is 0. The molecule has 0 bridgehead atoms. The molecule has 0 aliphatic rings. The van der Waals surface area contributed by atoms with Crippen molar-refractivity contribution in [2.45, 2.75) is 6.92 Å². The zero-order valence-electron chi connectivity index (χ0n) is 3.82. The molecule has 4 heteroatoms. The van der Waals surface area contributed by atoms with Crippen molar-refractivity contribution in [1.82, 2.24) is 0 Å². The van der Waals surface area contributed by atoms with Crippen molar-refractivity contribution in [1.29, 1.82) is 0 Å². The van der Waals surface area contributed by atoms with Gasteiger partial charge in [-0.1, -0.05) is 0 Å². The van der Waals surface area contributed by atoms with Gasteiger partial charge in [0.15, 0.2) is 0 Å². The van der Waals surface area contributed by atoms with Gasteiger partial charge in [0.05, 0.1) is 0 Å². The third-order valence-corrected chi connectivity index (χ3v) is 0. The second kappa shape index (κ2) is 10.1. The molecule has 0 radical (unpaired) electrons. The molecule has 2 nitrogen and oxygen atoms in total. The molecule has 0 aromatic carbocycles. The SMILES string of the molecule is CC(=O)[O-].[K+].[Zr]. The van der Waals surface area contributed by atoms with E-state index in [1.807, 2.05) is 0 Å². The van der Waals surface area contributed by atoms with E-state index in [4.69, 9.17) is 9.90 Å². The number of carbonyl (C=O) groups excluding carboxylic acids is 1. The van der Waals surface area contributed by atoms with Crippen LogP contribution in [0.3, 0.4) is 0 Å². The quantitative estimate of drug-likeness (QED) is 0.362. The standard InChI is InChI=1S/C2H4O2.K.Zr/c1-2(3)4;;/h1H3,(H,3,4);;/q;+1;/p-1. The average molecular weight is 189 g/mol. The molecule has 28 valence electrons. The first-order valence-electron chi connectivity index (χ1n) is 0.908. The summed E-state index contributed by atoms with van der Waals surface area (Å²) in [5.74, 6) is -1.08. The summed E-state index contributed by atoms with van der Waals surface area (Å²) in [5.41, 5.74) is 0. The number of rotatable bonds is 0. The minimum Gasteiger partial charge on any atom is -0.550 e. The van der Waals surface area contributed by atoms with Crippen LogP contribution in [-0.4, -0.2) is 5.97 Å². The fraction of sp³-hybridized carbons (Fsp3) is 0.500. The number of hydrogen-bond donors (Lipinski definition) is 0. The summed E-state index contributed by atoms with van der Waals surface area (Å²) in [4.78, 5) is 8.89. The molecule has 0 saturated heterocycles. The maximum absolute atomic E-state index is 8.89. The van der Waals surface area contributed by atoms with Gasteiger partial charge in [-0.3, -0.25) is 0 Å². The molecule has 0 rings (SSSR count). The predicted molar refractivity (Wildman–Crippen MR) is 10.7 cm³/mol. The number of carboxylic acids is 1. The third kappa shape index (κ3) is 37.7. The maximum Gasteiger partial charge on any atom is 1.00 e. The molecule has 0 N–H and O–H groups in total. The van der Waals surface area contributed by atoms with Crippen molar-refractivity contribution >= 4 is 5.97 Å². The fourth-order valence-electron chi connectivity index (χ4n) is 0. The summed E-state index contributed by atoms with van der Waals surface area (Å²) >= 11 is 0. The molecule has 6 heavy (non-hydrogen) atoms. The van der Waals surface area contributed by atoms with Crippen LogP contribution in [-0.2, 0) is 31.0 Å². The van der Waals surface area contributed by atoms with E-state index in [-0.39, 0.29) is 77.6 Å². The van der Waals surface area contributed by atoms with Crippen LogP contribution >= 0.6 is 0 Å². The van der Waals surface area contributed by atoms with Crippen LogP contribution in [0.15, 0.2) is 0 Å². The molecule has 0 saturated carbocycles. The van der Waals surface area contributed by atoms with E-state index < -0.39 is 5.97 Å². The van der Waals surface area contributed by atoms with Gasteiger partial charge in [-0.25, -0.2) is 0 Å². The van der Waals surface area contributed by atoms with E-state index in [2.05, 4.69) is 0 Å². The first kappa shape index (κ1) is 15.7. The molecule has 0 aromatic heterocycles. The molecule has 0 amide bonds. The molecule has 0 fully saturated rings. The molecule has 0 aliphatic carbocycles. The number of aliphatic carboxylic acids is 1. The van der Waals surface area contributed by atoms with Crippen LogP contribution in [0.2, 0.25) is 0 Å². The monoisotopic (exact) mass is 188 g/mol. The zero-order valence-corrected chi connectivity index (χ0v) is 9.40. The van der Waals surface area contributed by atoms with Crippen LogP contribution in [0.1, 0.15) is 6.92 Å². The van der Waals surface area contributed by atoms with Gasteiger partial charge in [0, 0.05) is 32.2 Å². The van der Waals surface area contributed by atoms with Crippen molar-refractivity contribution in [3.05, 3.63) is 0 Å². The average Bonchev–Trinajstić information content (AvgIpc) is 0.811. The van der Waals surface area contributed by atoms with Crippen LogP contribution < -0.4 is 56.5 Å². The van der Waals surface area contributed by atoms with Gasteiger partial charge in [-0.15, -0.1) is 0 Å².